The molecule has 0 amide bonds. The second-order valence-electron chi connectivity index (χ2n) is 7.82. The topological polar surface area (TPSA) is 72.9 Å². The summed E-state index contributed by atoms with van der Waals surface area (Å²) < 4.78 is 10.4. The lowest BCUT2D eigenvalue weighted by Crippen LogP contribution is -2.43. The maximum atomic E-state index is 12.7. The van der Waals surface area contributed by atoms with E-state index in [0.717, 1.165) is 5.56 Å². The van der Waals surface area contributed by atoms with E-state index in [2.05, 4.69) is 0 Å². The van der Waals surface area contributed by atoms with Gasteiger partial charge in [-0.25, -0.2) is 0 Å². The van der Waals surface area contributed by atoms with Crippen LogP contribution in [0.1, 0.15) is 50.5 Å². The first-order chi connectivity index (χ1) is 13.5. The van der Waals surface area contributed by atoms with Crippen LogP contribution >= 0.6 is 0 Å². The van der Waals surface area contributed by atoms with Gasteiger partial charge in [-0.05, 0) is 38.5 Å². The lowest BCUT2D eigenvalue weighted by atomic mass is 10.0. The van der Waals surface area contributed by atoms with E-state index >= 15 is 0 Å². The number of carbonyl (C=O) groups is 3. The first kappa shape index (κ1) is 22.3. The maximum absolute atomic E-state index is 12.7. The van der Waals surface area contributed by atoms with Gasteiger partial charge in [0.25, 0.3) is 0 Å². The Morgan fingerprint density at radius 1 is 0.862 bits per heavy atom. The van der Waals surface area contributed by atoms with Gasteiger partial charge in [-0.2, -0.15) is 0 Å². The van der Waals surface area contributed by atoms with Crippen LogP contribution in [0.4, 0.5) is 0 Å². The summed E-state index contributed by atoms with van der Waals surface area (Å²) >= 11 is 0. The number of nitrogens with zero attached hydrogens (tertiary/aromatic N) is 1. The van der Waals surface area contributed by atoms with Gasteiger partial charge >= 0.3 is 11.9 Å². The summed E-state index contributed by atoms with van der Waals surface area (Å²) in [4.78, 5) is 37.5. The van der Waals surface area contributed by atoms with Gasteiger partial charge in [0.2, 0.25) is 0 Å². The predicted molar refractivity (Wildman–Crippen MR) is 110 cm³/mol. The molecule has 2 aromatic rings. The van der Waals surface area contributed by atoms with Crippen LogP contribution in [0.25, 0.3) is 0 Å². The third-order valence-corrected chi connectivity index (χ3v) is 4.22. The van der Waals surface area contributed by atoms with Crippen molar-refractivity contribution in [2.24, 2.45) is 0 Å². The van der Waals surface area contributed by atoms with Gasteiger partial charge < -0.3 is 9.47 Å². The summed E-state index contributed by atoms with van der Waals surface area (Å²) in [6, 6.07) is 14.0. The fourth-order valence-electron chi connectivity index (χ4n) is 2.81. The molecule has 0 fully saturated rings. The van der Waals surface area contributed by atoms with Crippen molar-refractivity contribution >= 4 is 17.7 Å². The van der Waals surface area contributed by atoms with Crippen LogP contribution in [-0.4, -0.2) is 34.7 Å². The maximum Gasteiger partial charge on any atom is 0.308 e. The number of hydrogen-bond donors (Lipinski definition) is 0. The van der Waals surface area contributed by atoms with Crippen molar-refractivity contribution in [3.63, 3.8) is 0 Å². The largest absolute Gasteiger partial charge is 0.427 e. The molecule has 0 aliphatic carbocycles. The van der Waals surface area contributed by atoms with Crippen molar-refractivity contribution < 1.29 is 23.9 Å². The van der Waals surface area contributed by atoms with Gasteiger partial charge in [-0.15, -0.1) is 0 Å². The van der Waals surface area contributed by atoms with Gasteiger partial charge in [0.1, 0.15) is 11.5 Å². The van der Waals surface area contributed by atoms with E-state index in [1.54, 1.807) is 24.3 Å². The molecule has 0 aromatic heterocycles. The lowest BCUT2D eigenvalue weighted by Gasteiger charge is -2.35. The Labute approximate surface area is 171 Å². The Kier molecular flexibility index (Phi) is 7.29. The van der Waals surface area contributed by atoms with Gasteiger partial charge in [0, 0.05) is 37.6 Å². The zero-order valence-electron chi connectivity index (χ0n) is 17.5. The van der Waals surface area contributed by atoms with Crippen LogP contribution in [0.3, 0.4) is 0 Å². The molecular formula is C23H27NO5. The molecule has 0 aliphatic heterocycles. The Morgan fingerprint density at radius 2 is 1.38 bits per heavy atom. The summed E-state index contributed by atoms with van der Waals surface area (Å²) in [5.74, 6) is -0.355. The van der Waals surface area contributed by atoms with E-state index in [1.807, 2.05) is 43.9 Å². The van der Waals surface area contributed by atoms with Crippen molar-refractivity contribution in [1.29, 1.82) is 0 Å². The molecule has 0 spiro atoms. The average molecular weight is 397 g/mol. The number of rotatable bonds is 7. The first-order valence-electron chi connectivity index (χ1n) is 9.38. The molecule has 2 aromatic carbocycles. The lowest BCUT2D eigenvalue weighted by molar-refractivity contribution is -0.132. The zero-order valence-corrected chi connectivity index (χ0v) is 17.5. The molecule has 0 saturated heterocycles. The Hall–Kier alpha value is -2.99. The Morgan fingerprint density at radius 3 is 1.83 bits per heavy atom. The fraction of sp³-hybridized carbons (Fsp3) is 0.348. The number of hydrogen-bond acceptors (Lipinski definition) is 6. The van der Waals surface area contributed by atoms with Crippen LogP contribution in [0.2, 0.25) is 0 Å². The van der Waals surface area contributed by atoms with E-state index in [-0.39, 0.29) is 29.4 Å². The molecule has 0 unspecified atom stereocenters. The molecule has 2 rings (SSSR count). The Bertz CT molecular complexity index is 850. The summed E-state index contributed by atoms with van der Waals surface area (Å²) in [5.41, 5.74) is 1.11. The van der Waals surface area contributed by atoms with E-state index in [1.165, 1.54) is 19.9 Å². The molecule has 0 saturated carbocycles. The standard InChI is InChI=1S/C23H27NO5/c1-16(25)28-20-11-18(12-21(13-20)29-17(2)26)14-24(23(3,4)5)15-22(27)19-9-7-6-8-10-19/h6-13H,14-15H2,1-5H3. The second kappa shape index (κ2) is 9.47. The summed E-state index contributed by atoms with van der Waals surface area (Å²) in [6.45, 7) is 9.30. The smallest absolute Gasteiger partial charge is 0.308 e. The molecule has 0 atom stereocenters. The molecule has 29 heavy (non-hydrogen) atoms. The van der Waals surface area contributed by atoms with E-state index in [4.69, 9.17) is 9.47 Å². The average Bonchev–Trinajstić information content (AvgIpc) is 2.59. The van der Waals surface area contributed by atoms with Crippen molar-refractivity contribution in [2.45, 2.75) is 46.7 Å². The van der Waals surface area contributed by atoms with Crippen molar-refractivity contribution in [1.82, 2.24) is 4.90 Å². The van der Waals surface area contributed by atoms with Crippen molar-refractivity contribution in [3.05, 3.63) is 59.7 Å². The number of ketones is 1. The molecule has 0 bridgehead atoms. The second-order valence-corrected chi connectivity index (χ2v) is 7.82. The molecule has 0 heterocycles. The molecule has 0 radical (unpaired) electrons. The minimum Gasteiger partial charge on any atom is -0.427 e. The summed E-state index contributed by atoms with van der Waals surface area (Å²) in [7, 11) is 0. The van der Waals surface area contributed by atoms with Crippen LogP contribution < -0.4 is 9.47 Å². The molecule has 6 nitrogen and oxygen atoms in total. The third-order valence-electron chi connectivity index (χ3n) is 4.22. The molecular weight excluding hydrogens is 370 g/mol. The van der Waals surface area contributed by atoms with E-state index in [0.29, 0.717) is 12.1 Å². The first-order valence-corrected chi connectivity index (χ1v) is 9.38. The fourth-order valence-corrected chi connectivity index (χ4v) is 2.81. The zero-order chi connectivity index (χ0) is 21.6. The van der Waals surface area contributed by atoms with Gasteiger partial charge in [0.15, 0.2) is 5.78 Å². The highest BCUT2D eigenvalue weighted by atomic mass is 16.5. The number of esters is 2. The van der Waals surface area contributed by atoms with Crippen LogP contribution in [0.5, 0.6) is 11.5 Å². The highest BCUT2D eigenvalue weighted by Crippen LogP contribution is 2.26. The number of benzene rings is 2. The Balaban J connectivity index is 2.30. The van der Waals surface area contributed by atoms with Gasteiger partial charge in [-0.1, -0.05) is 30.3 Å². The monoisotopic (exact) mass is 397 g/mol. The van der Waals surface area contributed by atoms with Gasteiger partial charge in [0.05, 0.1) is 6.54 Å². The number of ether oxygens (including phenoxy) is 2. The van der Waals surface area contributed by atoms with Crippen LogP contribution in [0, 0.1) is 0 Å². The minimum absolute atomic E-state index is 0.0110. The third kappa shape index (κ3) is 7.16. The number of carbonyl (C=O) groups excluding carboxylic acids is 3. The SMILES string of the molecule is CC(=O)Oc1cc(CN(CC(=O)c2ccccc2)C(C)(C)C)cc(OC(C)=O)c1. The molecule has 6 heteroatoms. The normalized spacial score (nSPS) is 11.2. The van der Waals surface area contributed by atoms with Crippen molar-refractivity contribution in [3.8, 4) is 11.5 Å². The molecule has 0 aliphatic rings. The van der Waals surface area contributed by atoms with Crippen LogP contribution in [-0.2, 0) is 16.1 Å². The molecule has 0 N–H and O–H groups in total. The van der Waals surface area contributed by atoms with Crippen LogP contribution in [0.15, 0.2) is 48.5 Å². The summed E-state index contributed by atoms with van der Waals surface area (Å²) in [6.07, 6.45) is 0. The quantitative estimate of drug-likeness (QED) is 0.399. The van der Waals surface area contributed by atoms with E-state index in [9.17, 15) is 14.4 Å². The predicted octanol–water partition coefficient (Wildman–Crippen LogP) is 4.02. The molecule has 154 valence electrons. The van der Waals surface area contributed by atoms with Crippen molar-refractivity contribution in [2.75, 3.05) is 6.54 Å². The minimum atomic E-state index is -0.470. The highest BCUT2D eigenvalue weighted by Gasteiger charge is 2.25. The highest BCUT2D eigenvalue weighted by molar-refractivity contribution is 5.97. The van der Waals surface area contributed by atoms with E-state index < -0.39 is 11.9 Å². The number of Topliss-reactive ketones (excluding diaryl/α,β-unsaturated/α-hetero) is 1. The summed E-state index contributed by atoms with van der Waals surface area (Å²) in [5, 5.41) is 0. The van der Waals surface area contributed by atoms with Gasteiger partial charge in [-0.3, -0.25) is 19.3 Å².